The number of ether oxygens (including phenoxy) is 1. The summed E-state index contributed by atoms with van der Waals surface area (Å²) in [5.74, 6) is -0.0433. The van der Waals surface area contributed by atoms with Gasteiger partial charge in [0.2, 0.25) is 0 Å². The van der Waals surface area contributed by atoms with Crippen LogP contribution in [0, 0.1) is 0 Å². The molecular weight excluding hydrogens is 290 g/mol. The maximum atomic E-state index is 12.7. The second-order valence-corrected chi connectivity index (χ2v) is 6.19. The monoisotopic (exact) mass is 313 g/mol. The molecule has 0 unspecified atom stereocenters. The fourth-order valence-electron chi connectivity index (χ4n) is 3.09. The fourth-order valence-corrected chi connectivity index (χ4v) is 3.09. The second kappa shape index (κ2) is 6.96. The molecule has 1 saturated heterocycles. The van der Waals surface area contributed by atoms with E-state index in [2.05, 4.69) is 24.1 Å². The van der Waals surface area contributed by atoms with Gasteiger partial charge in [-0.2, -0.15) is 0 Å². The number of hydrogen-bond donors (Lipinski definition) is 1. The molecule has 3 heterocycles. The largest absolute Gasteiger partial charge is 0.371 e. The summed E-state index contributed by atoms with van der Waals surface area (Å²) in [4.78, 5) is 16.7. The number of carbonyl (C=O) groups excluding carboxylic acids is 1. The van der Waals surface area contributed by atoms with Gasteiger partial charge in [-0.25, -0.2) is 0 Å². The highest BCUT2D eigenvalue weighted by molar-refractivity contribution is 5.93. The number of amides is 1. The summed E-state index contributed by atoms with van der Waals surface area (Å²) in [5.41, 5.74) is 1.75. The standard InChI is InChI=1S/C18H23N3O2/c1-13(2)21-11-3-6-16(21)18(22)20-15-5-4-12-23-17(15)14-7-9-19-10-8-14/h3,6-11,13,15,17H,4-5,12H2,1-2H3,(H,20,22)/t15-,17+/m0/s1. The lowest BCUT2D eigenvalue weighted by molar-refractivity contribution is -0.00960. The van der Waals surface area contributed by atoms with E-state index in [1.54, 1.807) is 12.4 Å². The number of rotatable bonds is 4. The molecular formula is C18H23N3O2. The molecule has 5 nitrogen and oxygen atoms in total. The smallest absolute Gasteiger partial charge is 0.268 e. The van der Waals surface area contributed by atoms with Crippen LogP contribution in [0.4, 0.5) is 0 Å². The number of hydrogen-bond acceptors (Lipinski definition) is 3. The van der Waals surface area contributed by atoms with Crippen LogP contribution in [-0.4, -0.2) is 28.1 Å². The molecule has 2 atom stereocenters. The molecule has 3 rings (SSSR count). The van der Waals surface area contributed by atoms with E-state index in [4.69, 9.17) is 4.74 Å². The Morgan fingerprint density at radius 1 is 1.35 bits per heavy atom. The Bertz CT molecular complexity index is 651. The molecule has 0 spiro atoms. The van der Waals surface area contributed by atoms with Crippen molar-refractivity contribution >= 4 is 5.91 Å². The first kappa shape index (κ1) is 15.7. The van der Waals surface area contributed by atoms with Crippen molar-refractivity contribution in [2.75, 3.05) is 6.61 Å². The number of aromatic nitrogens is 2. The molecule has 23 heavy (non-hydrogen) atoms. The summed E-state index contributed by atoms with van der Waals surface area (Å²) >= 11 is 0. The van der Waals surface area contributed by atoms with E-state index < -0.39 is 0 Å². The van der Waals surface area contributed by atoms with Crippen LogP contribution in [0.25, 0.3) is 0 Å². The lowest BCUT2D eigenvalue weighted by atomic mass is 9.96. The summed E-state index contributed by atoms with van der Waals surface area (Å²) in [5, 5.41) is 3.16. The molecule has 0 bridgehead atoms. The van der Waals surface area contributed by atoms with Crippen molar-refractivity contribution in [3.8, 4) is 0 Å². The maximum Gasteiger partial charge on any atom is 0.268 e. The lowest BCUT2D eigenvalue weighted by Crippen LogP contribution is -2.43. The molecule has 0 aliphatic carbocycles. The first-order chi connectivity index (χ1) is 11.2. The van der Waals surface area contributed by atoms with Crippen LogP contribution in [-0.2, 0) is 4.74 Å². The zero-order valence-electron chi connectivity index (χ0n) is 13.6. The van der Waals surface area contributed by atoms with Gasteiger partial charge in [0.1, 0.15) is 11.8 Å². The summed E-state index contributed by atoms with van der Waals surface area (Å²) in [6, 6.07) is 7.91. The van der Waals surface area contributed by atoms with Crippen LogP contribution < -0.4 is 5.32 Å². The molecule has 2 aromatic heterocycles. The van der Waals surface area contributed by atoms with Crippen LogP contribution in [0.2, 0.25) is 0 Å². The summed E-state index contributed by atoms with van der Waals surface area (Å²) in [6.07, 6.45) is 7.22. The minimum Gasteiger partial charge on any atom is -0.371 e. The number of carbonyl (C=O) groups is 1. The minimum absolute atomic E-state index is 0.0193. The molecule has 1 fully saturated rings. The van der Waals surface area contributed by atoms with Crippen LogP contribution >= 0.6 is 0 Å². The van der Waals surface area contributed by atoms with Gasteiger partial charge in [-0.15, -0.1) is 0 Å². The Labute approximate surface area is 136 Å². The normalized spacial score (nSPS) is 21.3. The number of nitrogens with one attached hydrogen (secondary N) is 1. The summed E-state index contributed by atoms with van der Waals surface area (Å²) in [7, 11) is 0. The zero-order valence-corrected chi connectivity index (χ0v) is 13.6. The molecule has 5 heteroatoms. The van der Waals surface area contributed by atoms with Crippen LogP contribution in [0.15, 0.2) is 42.9 Å². The Kier molecular flexibility index (Phi) is 4.76. The van der Waals surface area contributed by atoms with E-state index in [1.165, 1.54) is 0 Å². The molecule has 1 N–H and O–H groups in total. The Balaban J connectivity index is 1.77. The third-order valence-corrected chi connectivity index (χ3v) is 4.24. The van der Waals surface area contributed by atoms with E-state index >= 15 is 0 Å². The molecule has 0 radical (unpaired) electrons. The van der Waals surface area contributed by atoms with Gasteiger partial charge in [0.15, 0.2) is 0 Å². The van der Waals surface area contributed by atoms with Gasteiger partial charge in [-0.05, 0) is 56.5 Å². The fraction of sp³-hybridized carbons (Fsp3) is 0.444. The third kappa shape index (κ3) is 3.45. The molecule has 2 aromatic rings. The SMILES string of the molecule is CC(C)n1cccc1C(=O)N[C@H]1CCCO[C@@H]1c1ccncc1. The minimum atomic E-state index is -0.113. The van der Waals surface area contributed by atoms with Crippen molar-refractivity contribution in [2.24, 2.45) is 0 Å². The van der Waals surface area contributed by atoms with Crippen molar-refractivity contribution in [1.29, 1.82) is 0 Å². The lowest BCUT2D eigenvalue weighted by Gasteiger charge is -2.32. The molecule has 1 aliphatic heterocycles. The molecule has 0 saturated carbocycles. The average molecular weight is 313 g/mol. The van der Waals surface area contributed by atoms with E-state index in [9.17, 15) is 4.79 Å². The molecule has 122 valence electrons. The first-order valence-electron chi connectivity index (χ1n) is 8.16. The van der Waals surface area contributed by atoms with E-state index in [1.807, 2.05) is 35.0 Å². The van der Waals surface area contributed by atoms with Gasteiger partial charge in [0.25, 0.3) is 5.91 Å². The quantitative estimate of drug-likeness (QED) is 0.943. The third-order valence-electron chi connectivity index (χ3n) is 4.24. The topological polar surface area (TPSA) is 56.2 Å². The Morgan fingerprint density at radius 3 is 2.87 bits per heavy atom. The Hall–Kier alpha value is -2.14. The van der Waals surface area contributed by atoms with Crippen molar-refractivity contribution in [1.82, 2.24) is 14.9 Å². The highest BCUT2D eigenvalue weighted by Gasteiger charge is 2.29. The molecule has 0 aromatic carbocycles. The predicted octanol–water partition coefficient (Wildman–Crippen LogP) is 3.11. The summed E-state index contributed by atoms with van der Waals surface area (Å²) in [6.45, 7) is 4.86. The predicted molar refractivity (Wildman–Crippen MR) is 88.2 cm³/mol. The van der Waals surface area contributed by atoms with Gasteiger partial charge in [0.05, 0.1) is 6.04 Å². The van der Waals surface area contributed by atoms with Gasteiger partial charge in [-0.1, -0.05) is 0 Å². The summed E-state index contributed by atoms with van der Waals surface area (Å²) < 4.78 is 7.91. The Morgan fingerprint density at radius 2 is 2.13 bits per heavy atom. The molecule has 1 amide bonds. The highest BCUT2D eigenvalue weighted by atomic mass is 16.5. The van der Waals surface area contributed by atoms with Gasteiger partial charge < -0.3 is 14.6 Å². The van der Waals surface area contributed by atoms with Gasteiger partial charge in [-0.3, -0.25) is 9.78 Å². The first-order valence-corrected chi connectivity index (χ1v) is 8.16. The van der Waals surface area contributed by atoms with E-state index in [0.29, 0.717) is 5.69 Å². The van der Waals surface area contributed by atoms with Gasteiger partial charge in [0, 0.05) is 31.2 Å². The van der Waals surface area contributed by atoms with Crippen LogP contribution in [0.5, 0.6) is 0 Å². The van der Waals surface area contributed by atoms with Crippen LogP contribution in [0.1, 0.15) is 54.9 Å². The second-order valence-electron chi connectivity index (χ2n) is 6.19. The molecule has 1 aliphatic rings. The highest BCUT2D eigenvalue weighted by Crippen LogP contribution is 2.28. The van der Waals surface area contributed by atoms with Gasteiger partial charge >= 0.3 is 0 Å². The van der Waals surface area contributed by atoms with Crippen molar-refractivity contribution in [3.05, 3.63) is 54.1 Å². The zero-order chi connectivity index (χ0) is 16.2. The van der Waals surface area contributed by atoms with Crippen molar-refractivity contribution < 1.29 is 9.53 Å². The van der Waals surface area contributed by atoms with E-state index in [0.717, 1.165) is 25.0 Å². The maximum absolute atomic E-state index is 12.7. The van der Waals surface area contributed by atoms with Crippen molar-refractivity contribution in [2.45, 2.75) is 44.9 Å². The van der Waals surface area contributed by atoms with Crippen LogP contribution in [0.3, 0.4) is 0 Å². The van der Waals surface area contributed by atoms with E-state index in [-0.39, 0.29) is 24.1 Å². The number of nitrogens with zero attached hydrogens (tertiary/aromatic N) is 2. The number of pyridine rings is 1. The average Bonchev–Trinajstić information content (AvgIpc) is 3.06. The van der Waals surface area contributed by atoms with Crippen molar-refractivity contribution in [3.63, 3.8) is 0 Å².